The van der Waals surface area contributed by atoms with Crippen molar-refractivity contribution >= 4 is 55.6 Å². The number of halogens is 1. The number of carbonyl (C=O) groups is 1. The van der Waals surface area contributed by atoms with Gasteiger partial charge in [-0.1, -0.05) is 11.3 Å². The Morgan fingerprint density at radius 1 is 1.10 bits per heavy atom. The molecule has 0 aliphatic carbocycles. The van der Waals surface area contributed by atoms with Gasteiger partial charge in [0.2, 0.25) is 5.88 Å². The molecule has 2 atom stereocenters. The van der Waals surface area contributed by atoms with Gasteiger partial charge in [-0.05, 0) is 50.6 Å². The maximum absolute atomic E-state index is 15.0. The molecule has 6 rings (SSSR count). The number of amides is 1. The highest BCUT2D eigenvalue weighted by atomic mass is 32.1. The number of rotatable bonds is 7. The summed E-state index contributed by atoms with van der Waals surface area (Å²) in [7, 11) is 1.52. The van der Waals surface area contributed by atoms with Crippen molar-refractivity contribution < 1.29 is 27.8 Å². The van der Waals surface area contributed by atoms with Crippen LogP contribution in [0.2, 0.25) is 0 Å². The number of methoxy groups -OCH3 is 1. The minimum absolute atomic E-state index is 0.243. The SMILES string of the molecule is COc1cnc2c(-c3nc4cc(F)c(O[C@@H](C)[C@@H](C)OC(=O)Nc5ccc6[nH]c(=O)oc6c5)nc4s3)cc(C)cc2n1. The van der Waals surface area contributed by atoms with Crippen LogP contribution in [0.3, 0.4) is 0 Å². The maximum Gasteiger partial charge on any atom is 0.417 e. The third-order valence-corrected chi connectivity index (χ3v) is 7.43. The number of fused-ring (bicyclic) bond motifs is 3. The third-order valence-electron chi connectivity index (χ3n) is 6.43. The highest BCUT2D eigenvalue weighted by Gasteiger charge is 2.23. The molecule has 4 heterocycles. The molecule has 42 heavy (non-hydrogen) atoms. The van der Waals surface area contributed by atoms with E-state index in [0.717, 1.165) is 11.1 Å². The first-order valence-corrected chi connectivity index (χ1v) is 13.5. The van der Waals surface area contributed by atoms with E-state index in [9.17, 15) is 9.59 Å². The van der Waals surface area contributed by atoms with Crippen LogP contribution < -0.4 is 20.5 Å². The van der Waals surface area contributed by atoms with Crippen LogP contribution in [0.5, 0.6) is 11.8 Å². The first-order valence-electron chi connectivity index (χ1n) is 12.7. The Morgan fingerprint density at radius 3 is 2.74 bits per heavy atom. The average molecular weight is 591 g/mol. The predicted octanol–water partition coefficient (Wildman–Crippen LogP) is 5.60. The van der Waals surface area contributed by atoms with Gasteiger partial charge in [0.05, 0.1) is 29.9 Å². The quantitative estimate of drug-likeness (QED) is 0.240. The molecule has 214 valence electrons. The molecule has 0 saturated heterocycles. The number of aryl methyl sites for hydroxylation is 1. The van der Waals surface area contributed by atoms with Crippen LogP contribution >= 0.6 is 11.3 Å². The molecule has 0 saturated carbocycles. The van der Waals surface area contributed by atoms with Crippen molar-refractivity contribution in [1.29, 1.82) is 0 Å². The molecule has 0 radical (unpaired) electrons. The van der Waals surface area contributed by atoms with Crippen LogP contribution in [-0.2, 0) is 4.74 Å². The normalized spacial score (nSPS) is 12.9. The number of anilines is 1. The molecular weight excluding hydrogens is 567 g/mol. The molecule has 4 aromatic heterocycles. The molecule has 0 spiro atoms. The number of aromatic amines is 1. The van der Waals surface area contributed by atoms with Crippen LogP contribution in [0.15, 0.2) is 51.8 Å². The summed E-state index contributed by atoms with van der Waals surface area (Å²) in [6, 6.07) is 9.75. The zero-order valence-electron chi connectivity index (χ0n) is 22.7. The van der Waals surface area contributed by atoms with Gasteiger partial charge >= 0.3 is 11.8 Å². The first kappa shape index (κ1) is 27.1. The number of hydrogen-bond donors (Lipinski definition) is 2. The lowest BCUT2D eigenvalue weighted by molar-refractivity contribution is 0.0379. The summed E-state index contributed by atoms with van der Waals surface area (Å²) < 4.78 is 36.4. The smallest absolute Gasteiger partial charge is 0.417 e. The highest BCUT2D eigenvalue weighted by molar-refractivity contribution is 7.21. The topological polar surface area (TPSA) is 154 Å². The second-order valence-electron chi connectivity index (χ2n) is 9.50. The number of benzene rings is 2. The molecule has 0 bridgehead atoms. The second-order valence-corrected chi connectivity index (χ2v) is 10.5. The molecule has 6 aromatic rings. The van der Waals surface area contributed by atoms with Gasteiger partial charge in [-0.15, -0.1) is 0 Å². The molecule has 0 aliphatic rings. The number of ether oxygens (including phenoxy) is 3. The van der Waals surface area contributed by atoms with E-state index < -0.39 is 29.9 Å². The largest absolute Gasteiger partial charge is 0.480 e. The number of pyridine rings is 1. The molecule has 0 unspecified atom stereocenters. The summed E-state index contributed by atoms with van der Waals surface area (Å²) in [5.41, 5.74) is 4.48. The van der Waals surface area contributed by atoms with Crippen molar-refractivity contribution in [3.63, 3.8) is 0 Å². The predicted molar refractivity (Wildman–Crippen MR) is 154 cm³/mol. The summed E-state index contributed by atoms with van der Waals surface area (Å²) in [6.45, 7) is 5.18. The van der Waals surface area contributed by atoms with E-state index in [4.69, 9.17) is 18.6 Å². The fourth-order valence-corrected chi connectivity index (χ4v) is 5.17. The Kier molecular flexibility index (Phi) is 6.90. The zero-order valence-corrected chi connectivity index (χ0v) is 23.5. The number of thiazole rings is 1. The number of carbonyl (C=O) groups excluding carboxylic acids is 1. The lowest BCUT2D eigenvalue weighted by Crippen LogP contribution is -2.33. The number of H-pyrrole nitrogens is 1. The van der Waals surface area contributed by atoms with Gasteiger partial charge in [-0.25, -0.2) is 28.9 Å². The molecule has 2 aromatic carbocycles. The monoisotopic (exact) mass is 590 g/mol. The Morgan fingerprint density at radius 2 is 1.93 bits per heavy atom. The molecule has 0 fully saturated rings. The minimum Gasteiger partial charge on any atom is -0.480 e. The third kappa shape index (κ3) is 5.31. The number of oxazole rings is 1. The van der Waals surface area contributed by atoms with E-state index in [2.05, 4.69) is 30.2 Å². The lowest BCUT2D eigenvalue weighted by Gasteiger charge is -2.21. The van der Waals surface area contributed by atoms with E-state index in [1.54, 1.807) is 26.0 Å². The van der Waals surface area contributed by atoms with Crippen molar-refractivity contribution in [3.05, 3.63) is 64.5 Å². The Bertz CT molecular complexity index is 2040. The van der Waals surface area contributed by atoms with Gasteiger partial charge in [0.25, 0.3) is 5.88 Å². The van der Waals surface area contributed by atoms with Crippen molar-refractivity contribution in [1.82, 2.24) is 24.9 Å². The van der Waals surface area contributed by atoms with Crippen LogP contribution in [0.4, 0.5) is 14.9 Å². The van der Waals surface area contributed by atoms with Crippen molar-refractivity contribution in [3.8, 4) is 22.3 Å². The number of nitrogens with one attached hydrogen (secondary N) is 2. The molecule has 0 aliphatic heterocycles. The number of aromatic nitrogens is 5. The Labute approximate surface area is 240 Å². The van der Waals surface area contributed by atoms with Gasteiger partial charge in [0.15, 0.2) is 11.4 Å². The van der Waals surface area contributed by atoms with Crippen molar-refractivity contribution in [2.75, 3.05) is 12.4 Å². The zero-order chi connectivity index (χ0) is 29.5. The minimum atomic E-state index is -0.776. The summed E-state index contributed by atoms with van der Waals surface area (Å²) in [5, 5.41) is 3.16. The van der Waals surface area contributed by atoms with Crippen LogP contribution in [-0.4, -0.2) is 50.3 Å². The van der Waals surface area contributed by atoms with Crippen molar-refractivity contribution in [2.24, 2.45) is 0 Å². The van der Waals surface area contributed by atoms with Gasteiger partial charge in [-0.2, -0.15) is 4.98 Å². The second kappa shape index (κ2) is 10.7. The van der Waals surface area contributed by atoms with Crippen LogP contribution in [0.25, 0.3) is 43.1 Å². The summed E-state index contributed by atoms with van der Waals surface area (Å²) >= 11 is 1.26. The first-order chi connectivity index (χ1) is 20.2. The van der Waals surface area contributed by atoms with E-state index in [0.29, 0.717) is 43.5 Å². The summed E-state index contributed by atoms with van der Waals surface area (Å²) in [4.78, 5) is 44.7. The molecular formula is C28H23FN6O6S. The fourth-order valence-electron chi connectivity index (χ4n) is 4.24. The van der Waals surface area contributed by atoms with E-state index in [-0.39, 0.29) is 11.5 Å². The van der Waals surface area contributed by atoms with Gasteiger partial charge in [0.1, 0.15) is 27.6 Å². The van der Waals surface area contributed by atoms with Gasteiger partial charge in [-0.3, -0.25) is 10.3 Å². The average Bonchev–Trinajstić information content (AvgIpc) is 3.53. The van der Waals surface area contributed by atoms with E-state index >= 15 is 4.39 Å². The molecule has 12 nitrogen and oxygen atoms in total. The van der Waals surface area contributed by atoms with Crippen molar-refractivity contribution in [2.45, 2.75) is 33.0 Å². The summed E-state index contributed by atoms with van der Waals surface area (Å²) in [6.07, 6.45) is -0.763. The lowest BCUT2D eigenvalue weighted by atomic mass is 10.1. The number of nitrogens with zero attached hydrogens (tertiary/aromatic N) is 4. The molecule has 1 amide bonds. The molecule has 14 heteroatoms. The van der Waals surface area contributed by atoms with Gasteiger partial charge in [0, 0.05) is 23.4 Å². The Balaban J connectivity index is 1.18. The standard InChI is InChI=1S/C28H23FN6O6S/c1-12-7-16(23-19(8-12)32-22(38-4)11-30-23)25-33-20-10-17(29)24(35-26(20)42-25)39-13(2)14(3)40-27(36)31-15-5-6-18-21(9-15)41-28(37)34-18/h5-11,13-14H,1-4H3,(H,31,36)(H,34,37)/t13-,14+/m0/s1. The van der Waals surface area contributed by atoms with Crippen LogP contribution in [0, 0.1) is 12.7 Å². The Hall–Kier alpha value is -5.11. The van der Waals surface area contributed by atoms with Crippen LogP contribution in [0.1, 0.15) is 19.4 Å². The van der Waals surface area contributed by atoms with Gasteiger partial charge < -0.3 is 18.6 Å². The maximum atomic E-state index is 15.0. The fraction of sp³-hybridized carbons (Fsp3) is 0.214. The number of hydrogen-bond acceptors (Lipinski definition) is 11. The summed E-state index contributed by atoms with van der Waals surface area (Å²) in [5.74, 6) is -1.15. The highest BCUT2D eigenvalue weighted by Crippen LogP contribution is 2.35. The van der Waals surface area contributed by atoms with E-state index in [1.165, 1.54) is 36.8 Å². The van der Waals surface area contributed by atoms with E-state index in [1.807, 2.05) is 19.1 Å². The molecule has 2 N–H and O–H groups in total.